The predicted molar refractivity (Wildman–Crippen MR) is 92.7 cm³/mol. The van der Waals surface area contributed by atoms with Crippen molar-refractivity contribution < 1.29 is 13.9 Å². The number of hydrazone groups is 1. The number of nitrogens with one attached hydrogen (secondary N) is 1. The fourth-order valence-corrected chi connectivity index (χ4v) is 1.95. The normalized spacial score (nSPS) is 12.1. The molecule has 5 heteroatoms. The highest BCUT2D eigenvalue weighted by atomic mass is 19.1. The van der Waals surface area contributed by atoms with E-state index in [1.165, 1.54) is 12.1 Å². The first-order chi connectivity index (χ1) is 11.6. The molecule has 0 heterocycles. The van der Waals surface area contributed by atoms with Crippen molar-refractivity contribution in [1.29, 1.82) is 0 Å². The Hall–Kier alpha value is -2.69. The van der Waals surface area contributed by atoms with E-state index in [4.69, 9.17) is 4.74 Å². The number of carbonyl (C=O) groups excluding carboxylic acids is 1. The zero-order valence-corrected chi connectivity index (χ0v) is 13.8. The molecule has 1 N–H and O–H groups in total. The Morgan fingerprint density at radius 2 is 1.88 bits per heavy atom. The van der Waals surface area contributed by atoms with Gasteiger partial charge in [0.25, 0.3) is 0 Å². The molecule has 0 aliphatic rings. The lowest BCUT2D eigenvalue weighted by Gasteiger charge is -2.12. The van der Waals surface area contributed by atoms with Gasteiger partial charge in [-0.3, -0.25) is 4.79 Å². The van der Waals surface area contributed by atoms with Gasteiger partial charge in [-0.1, -0.05) is 19.1 Å². The molecule has 0 unspecified atom stereocenters. The number of ether oxygens (including phenoxy) is 1. The zero-order valence-electron chi connectivity index (χ0n) is 13.8. The van der Waals surface area contributed by atoms with Crippen LogP contribution >= 0.6 is 0 Å². The van der Waals surface area contributed by atoms with E-state index in [0.717, 1.165) is 23.3 Å². The maximum absolute atomic E-state index is 12.8. The van der Waals surface area contributed by atoms with Crippen LogP contribution in [-0.4, -0.2) is 18.2 Å². The molecular weight excluding hydrogens is 307 g/mol. The molecule has 0 aromatic heterocycles. The van der Waals surface area contributed by atoms with Crippen molar-refractivity contribution in [2.24, 2.45) is 5.10 Å². The van der Waals surface area contributed by atoms with E-state index in [-0.39, 0.29) is 24.2 Å². The van der Waals surface area contributed by atoms with E-state index >= 15 is 0 Å². The van der Waals surface area contributed by atoms with Gasteiger partial charge in [0.05, 0.1) is 18.7 Å². The van der Waals surface area contributed by atoms with Crippen molar-refractivity contribution in [2.45, 2.75) is 32.8 Å². The summed E-state index contributed by atoms with van der Waals surface area (Å²) >= 11 is 0. The van der Waals surface area contributed by atoms with Crippen LogP contribution in [0, 0.1) is 5.82 Å². The first kappa shape index (κ1) is 17.7. The van der Waals surface area contributed by atoms with Gasteiger partial charge in [-0.25, -0.2) is 9.82 Å². The average Bonchev–Trinajstić information content (AvgIpc) is 2.58. The maximum atomic E-state index is 12.8. The summed E-state index contributed by atoms with van der Waals surface area (Å²) < 4.78 is 18.5. The van der Waals surface area contributed by atoms with Crippen LogP contribution in [0.25, 0.3) is 0 Å². The topological polar surface area (TPSA) is 50.7 Å². The molecule has 0 spiro atoms. The monoisotopic (exact) mass is 328 g/mol. The van der Waals surface area contributed by atoms with Gasteiger partial charge >= 0.3 is 0 Å². The molecule has 1 amide bonds. The summed E-state index contributed by atoms with van der Waals surface area (Å²) in [7, 11) is 0. The zero-order chi connectivity index (χ0) is 17.4. The van der Waals surface area contributed by atoms with E-state index in [1.807, 2.05) is 31.2 Å². The molecule has 0 bridgehead atoms. The van der Waals surface area contributed by atoms with Gasteiger partial charge in [-0.05, 0) is 60.9 Å². The van der Waals surface area contributed by atoms with Crippen molar-refractivity contribution in [2.75, 3.05) is 0 Å². The van der Waals surface area contributed by atoms with Gasteiger partial charge in [-0.15, -0.1) is 0 Å². The Balaban J connectivity index is 1.82. The minimum Gasteiger partial charge on any atom is -0.491 e. The lowest BCUT2D eigenvalue weighted by atomic mass is 10.1. The van der Waals surface area contributed by atoms with E-state index in [1.54, 1.807) is 18.3 Å². The van der Waals surface area contributed by atoms with Crippen LogP contribution in [0.1, 0.15) is 31.4 Å². The van der Waals surface area contributed by atoms with Crippen LogP contribution in [0.5, 0.6) is 5.75 Å². The number of amides is 1. The number of carbonyl (C=O) groups is 1. The predicted octanol–water partition coefficient (Wildman–Crippen LogP) is 3.70. The highest BCUT2D eigenvalue weighted by molar-refractivity contribution is 5.83. The maximum Gasteiger partial charge on any atom is 0.244 e. The lowest BCUT2D eigenvalue weighted by molar-refractivity contribution is -0.120. The quantitative estimate of drug-likeness (QED) is 0.622. The summed E-state index contributed by atoms with van der Waals surface area (Å²) in [6, 6.07) is 13.3. The third kappa shape index (κ3) is 5.83. The van der Waals surface area contributed by atoms with Crippen LogP contribution < -0.4 is 10.2 Å². The molecule has 0 aliphatic carbocycles. The molecule has 0 radical (unpaired) electrons. The fraction of sp³-hybridized carbons (Fsp3) is 0.263. The SMILES string of the molecule is CC[C@H](C)Oc1ccc(/C=N/NC(=O)Cc2ccc(F)cc2)cc1. The van der Waals surface area contributed by atoms with Crippen molar-refractivity contribution in [1.82, 2.24) is 5.43 Å². The van der Waals surface area contributed by atoms with Crippen molar-refractivity contribution in [3.05, 3.63) is 65.5 Å². The van der Waals surface area contributed by atoms with Crippen LogP contribution in [0.3, 0.4) is 0 Å². The summed E-state index contributed by atoms with van der Waals surface area (Å²) in [5, 5.41) is 3.92. The minimum absolute atomic E-state index is 0.152. The van der Waals surface area contributed by atoms with E-state index < -0.39 is 0 Å². The Bertz CT molecular complexity index is 682. The molecule has 4 nitrogen and oxygen atoms in total. The molecule has 2 aromatic carbocycles. The molecule has 24 heavy (non-hydrogen) atoms. The van der Waals surface area contributed by atoms with Crippen LogP contribution in [0.2, 0.25) is 0 Å². The number of benzene rings is 2. The smallest absolute Gasteiger partial charge is 0.244 e. The first-order valence-electron chi connectivity index (χ1n) is 7.90. The molecule has 0 fully saturated rings. The van der Waals surface area contributed by atoms with Crippen LogP contribution in [-0.2, 0) is 11.2 Å². The van der Waals surface area contributed by atoms with Gasteiger partial charge in [0.1, 0.15) is 11.6 Å². The number of hydrogen-bond acceptors (Lipinski definition) is 3. The molecule has 2 rings (SSSR count). The van der Waals surface area contributed by atoms with E-state index in [9.17, 15) is 9.18 Å². The first-order valence-corrected chi connectivity index (χ1v) is 7.90. The number of nitrogens with zero attached hydrogens (tertiary/aromatic N) is 1. The minimum atomic E-state index is -0.321. The molecule has 0 saturated heterocycles. The summed E-state index contributed by atoms with van der Waals surface area (Å²) in [6.07, 6.45) is 2.84. The second-order valence-corrected chi connectivity index (χ2v) is 5.50. The second-order valence-electron chi connectivity index (χ2n) is 5.50. The highest BCUT2D eigenvalue weighted by Gasteiger charge is 2.02. The Morgan fingerprint density at radius 1 is 1.21 bits per heavy atom. The third-order valence-electron chi connectivity index (χ3n) is 3.47. The van der Waals surface area contributed by atoms with Gasteiger partial charge in [0.15, 0.2) is 0 Å². The van der Waals surface area contributed by atoms with E-state index in [0.29, 0.717) is 0 Å². The van der Waals surface area contributed by atoms with Crippen molar-refractivity contribution >= 4 is 12.1 Å². The van der Waals surface area contributed by atoms with Crippen molar-refractivity contribution in [3.63, 3.8) is 0 Å². The average molecular weight is 328 g/mol. The molecule has 126 valence electrons. The summed E-state index contributed by atoms with van der Waals surface area (Å²) in [5.41, 5.74) is 4.04. The second kappa shape index (κ2) is 8.82. The summed E-state index contributed by atoms with van der Waals surface area (Å²) in [4.78, 5) is 11.8. The van der Waals surface area contributed by atoms with Crippen LogP contribution in [0.4, 0.5) is 4.39 Å². The molecule has 0 aliphatic heterocycles. The fourth-order valence-electron chi connectivity index (χ4n) is 1.95. The van der Waals surface area contributed by atoms with Gasteiger partial charge in [-0.2, -0.15) is 5.10 Å². The number of hydrogen-bond donors (Lipinski definition) is 1. The highest BCUT2D eigenvalue weighted by Crippen LogP contribution is 2.14. The standard InChI is InChI=1S/C19H21FN2O2/c1-3-14(2)24-18-10-6-16(7-11-18)13-21-22-19(23)12-15-4-8-17(20)9-5-15/h4-11,13-14H,3,12H2,1-2H3,(H,22,23)/b21-13+/t14-/m0/s1. The lowest BCUT2D eigenvalue weighted by Crippen LogP contribution is -2.19. The number of halogens is 1. The Labute approximate surface area is 141 Å². The number of rotatable bonds is 7. The summed E-state index contributed by atoms with van der Waals surface area (Å²) in [5.74, 6) is 0.231. The Morgan fingerprint density at radius 3 is 2.50 bits per heavy atom. The van der Waals surface area contributed by atoms with Gasteiger partial charge < -0.3 is 4.74 Å². The molecule has 0 saturated carbocycles. The van der Waals surface area contributed by atoms with Crippen molar-refractivity contribution in [3.8, 4) is 5.75 Å². The third-order valence-corrected chi connectivity index (χ3v) is 3.47. The van der Waals surface area contributed by atoms with Gasteiger partial charge in [0, 0.05) is 0 Å². The molecule has 2 aromatic rings. The summed E-state index contributed by atoms with van der Waals surface area (Å²) in [6.45, 7) is 4.09. The largest absolute Gasteiger partial charge is 0.491 e. The Kier molecular flexibility index (Phi) is 6.49. The van der Waals surface area contributed by atoms with Crippen LogP contribution in [0.15, 0.2) is 53.6 Å². The van der Waals surface area contributed by atoms with E-state index in [2.05, 4.69) is 17.5 Å². The molecule has 1 atom stereocenters. The molecular formula is C19H21FN2O2. The van der Waals surface area contributed by atoms with Gasteiger partial charge in [0.2, 0.25) is 5.91 Å².